The molecule has 0 aromatic heterocycles. The zero-order valence-corrected chi connectivity index (χ0v) is 15.2. The van der Waals surface area contributed by atoms with Gasteiger partial charge in [0.1, 0.15) is 5.92 Å². The van der Waals surface area contributed by atoms with E-state index in [2.05, 4.69) is 10.6 Å². The molecule has 3 amide bonds. The highest BCUT2D eigenvalue weighted by molar-refractivity contribution is 6.20. The number of rotatable bonds is 4. The molecule has 1 heterocycles. The SMILES string of the molecule is CNC(=O)c1cccc(NC(=O)C2C(=O)N(C)c3ccc(C(C)=O)cc32)c1. The van der Waals surface area contributed by atoms with Crippen LogP contribution in [-0.4, -0.2) is 37.6 Å². The van der Waals surface area contributed by atoms with Gasteiger partial charge in [0.2, 0.25) is 11.8 Å². The van der Waals surface area contributed by atoms with Gasteiger partial charge in [-0.25, -0.2) is 0 Å². The molecule has 138 valence electrons. The van der Waals surface area contributed by atoms with Crippen LogP contribution in [0.4, 0.5) is 11.4 Å². The van der Waals surface area contributed by atoms with Crippen LogP contribution in [0.1, 0.15) is 39.1 Å². The Morgan fingerprint density at radius 3 is 2.44 bits per heavy atom. The van der Waals surface area contributed by atoms with E-state index in [-0.39, 0.29) is 17.6 Å². The van der Waals surface area contributed by atoms with E-state index >= 15 is 0 Å². The Labute approximate surface area is 156 Å². The molecule has 1 atom stereocenters. The van der Waals surface area contributed by atoms with E-state index in [4.69, 9.17) is 0 Å². The minimum absolute atomic E-state index is 0.141. The summed E-state index contributed by atoms with van der Waals surface area (Å²) in [5.41, 5.74) is 2.34. The lowest BCUT2D eigenvalue weighted by molar-refractivity contribution is -0.126. The van der Waals surface area contributed by atoms with Gasteiger partial charge in [0.15, 0.2) is 5.78 Å². The third-order valence-corrected chi connectivity index (χ3v) is 4.57. The Kier molecular flexibility index (Phi) is 4.77. The molecular weight excluding hydrogens is 346 g/mol. The van der Waals surface area contributed by atoms with Crippen LogP contribution in [0, 0.1) is 0 Å². The first-order valence-electron chi connectivity index (χ1n) is 8.39. The molecule has 2 N–H and O–H groups in total. The van der Waals surface area contributed by atoms with Gasteiger partial charge in [-0.3, -0.25) is 19.2 Å². The van der Waals surface area contributed by atoms with Crippen molar-refractivity contribution in [3.05, 3.63) is 59.2 Å². The lowest BCUT2D eigenvalue weighted by Gasteiger charge is -2.12. The predicted molar refractivity (Wildman–Crippen MR) is 101 cm³/mol. The topological polar surface area (TPSA) is 95.6 Å². The van der Waals surface area contributed by atoms with Gasteiger partial charge < -0.3 is 15.5 Å². The molecule has 1 aliphatic heterocycles. The summed E-state index contributed by atoms with van der Waals surface area (Å²) in [5.74, 6) is -2.35. The van der Waals surface area contributed by atoms with Crippen LogP contribution >= 0.6 is 0 Å². The van der Waals surface area contributed by atoms with Crippen LogP contribution in [0.15, 0.2) is 42.5 Å². The number of hydrogen-bond acceptors (Lipinski definition) is 4. The Hall–Kier alpha value is -3.48. The monoisotopic (exact) mass is 365 g/mol. The van der Waals surface area contributed by atoms with Crippen molar-refractivity contribution in [1.82, 2.24) is 5.32 Å². The Bertz CT molecular complexity index is 967. The highest BCUT2D eigenvalue weighted by atomic mass is 16.2. The summed E-state index contributed by atoms with van der Waals surface area (Å²) in [6.45, 7) is 1.43. The number of carbonyl (C=O) groups is 4. The van der Waals surface area contributed by atoms with Crippen molar-refractivity contribution in [3.8, 4) is 0 Å². The maximum Gasteiger partial charge on any atom is 0.251 e. The van der Waals surface area contributed by atoms with Crippen molar-refractivity contribution in [1.29, 1.82) is 0 Å². The highest BCUT2D eigenvalue weighted by Gasteiger charge is 2.40. The van der Waals surface area contributed by atoms with Gasteiger partial charge in [0, 0.05) is 36.6 Å². The molecular formula is C20H19N3O4. The first kappa shape index (κ1) is 18.3. The summed E-state index contributed by atoms with van der Waals surface area (Å²) < 4.78 is 0. The summed E-state index contributed by atoms with van der Waals surface area (Å²) in [6.07, 6.45) is 0. The normalized spacial score (nSPS) is 15.3. The summed E-state index contributed by atoms with van der Waals surface area (Å²) in [4.78, 5) is 50.3. The molecule has 0 saturated carbocycles. The van der Waals surface area contributed by atoms with E-state index in [1.54, 1.807) is 43.4 Å². The Morgan fingerprint density at radius 2 is 1.78 bits per heavy atom. The number of hydrogen-bond donors (Lipinski definition) is 2. The molecule has 0 spiro atoms. The van der Waals surface area contributed by atoms with Crippen molar-refractivity contribution in [2.45, 2.75) is 12.8 Å². The number of benzene rings is 2. The summed E-state index contributed by atoms with van der Waals surface area (Å²) >= 11 is 0. The van der Waals surface area contributed by atoms with E-state index < -0.39 is 11.8 Å². The molecule has 0 aliphatic carbocycles. The maximum atomic E-state index is 12.8. The number of anilines is 2. The van der Waals surface area contributed by atoms with Crippen molar-refractivity contribution in [2.24, 2.45) is 0 Å². The number of likely N-dealkylation sites (N-methyl/N-ethyl adjacent to an activating group) is 1. The van der Waals surface area contributed by atoms with E-state index in [0.717, 1.165) is 0 Å². The van der Waals surface area contributed by atoms with E-state index in [1.807, 2.05) is 0 Å². The zero-order chi connectivity index (χ0) is 19.7. The second-order valence-corrected chi connectivity index (χ2v) is 6.31. The van der Waals surface area contributed by atoms with Gasteiger partial charge in [-0.2, -0.15) is 0 Å². The minimum atomic E-state index is -1.05. The van der Waals surface area contributed by atoms with Gasteiger partial charge >= 0.3 is 0 Å². The number of fused-ring (bicyclic) bond motifs is 1. The van der Waals surface area contributed by atoms with Crippen LogP contribution in [0.25, 0.3) is 0 Å². The Balaban J connectivity index is 1.92. The highest BCUT2D eigenvalue weighted by Crippen LogP contribution is 2.37. The molecule has 1 aliphatic rings. The average Bonchev–Trinajstić information content (AvgIpc) is 2.91. The van der Waals surface area contributed by atoms with E-state index in [1.165, 1.54) is 24.9 Å². The molecule has 0 bridgehead atoms. The van der Waals surface area contributed by atoms with E-state index in [9.17, 15) is 19.2 Å². The van der Waals surface area contributed by atoms with Gasteiger partial charge in [-0.15, -0.1) is 0 Å². The molecule has 3 rings (SSSR count). The molecule has 2 aromatic rings. The number of Topliss-reactive ketones (excluding diaryl/α,β-unsaturated/α-hetero) is 1. The van der Waals surface area contributed by atoms with E-state index in [0.29, 0.717) is 28.1 Å². The second-order valence-electron chi connectivity index (χ2n) is 6.31. The van der Waals surface area contributed by atoms with Gasteiger partial charge in [-0.1, -0.05) is 6.07 Å². The fraction of sp³-hybridized carbons (Fsp3) is 0.200. The molecule has 27 heavy (non-hydrogen) atoms. The molecule has 1 unspecified atom stereocenters. The Morgan fingerprint density at radius 1 is 1.04 bits per heavy atom. The minimum Gasteiger partial charge on any atom is -0.355 e. The zero-order valence-electron chi connectivity index (χ0n) is 15.2. The van der Waals surface area contributed by atoms with Gasteiger partial charge in [0.25, 0.3) is 5.91 Å². The second kappa shape index (κ2) is 7.03. The largest absolute Gasteiger partial charge is 0.355 e. The van der Waals surface area contributed by atoms with Crippen LogP contribution in [0.5, 0.6) is 0 Å². The summed E-state index contributed by atoms with van der Waals surface area (Å²) in [6, 6.07) is 11.3. The number of nitrogens with one attached hydrogen (secondary N) is 2. The molecule has 0 fully saturated rings. The first-order valence-corrected chi connectivity index (χ1v) is 8.39. The number of nitrogens with zero attached hydrogens (tertiary/aromatic N) is 1. The standard InChI is InChI=1S/C20H19N3O4/c1-11(24)12-7-8-16-15(10-12)17(20(27)23(16)3)19(26)22-14-6-4-5-13(9-14)18(25)21-2/h4-10,17H,1-3H3,(H,21,25)(H,22,26). The summed E-state index contributed by atoms with van der Waals surface area (Å²) in [7, 11) is 3.11. The van der Waals surface area contributed by atoms with Crippen LogP contribution < -0.4 is 15.5 Å². The first-order chi connectivity index (χ1) is 12.8. The third kappa shape index (κ3) is 3.31. The van der Waals surface area contributed by atoms with Gasteiger partial charge in [-0.05, 0) is 48.9 Å². The third-order valence-electron chi connectivity index (χ3n) is 4.57. The van der Waals surface area contributed by atoms with Crippen molar-refractivity contribution in [2.75, 3.05) is 24.3 Å². The average molecular weight is 365 g/mol. The number of carbonyl (C=O) groups excluding carboxylic acids is 4. The fourth-order valence-electron chi connectivity index (χ4n) is 3.11. The quantitative estimate of drug-likeness (QED) is 0.639. The van der Waals surface area contributed by atoms with Crippen molar-refractivity contribution in [3.63, 3.8) is 0 Å². The van der Waals surface area contributed by atoms with Crippen LogP contribution in [-0.2, 0) is 9.59 Å². The number of amides is 3. The molecule has 0 radical (unpaired) electrons. The maximum absolute atomic E-state index is 12.8. The van der Waals surface area contributed by atoms with Crippen LogP contribution in [0.2, 0.25) is 0 Å². The van der Waals surface area contributed by atoms with Crippen molar-refractivity contribution >= 4 is 34.9 Å². The van der Waals surface area contributed by atoms with Crippen LogP contribution in [0.3, 0.4) is 0 Å². The van der Waals surface area contributed by atoms with Gasteiger partial charge in [0.05, 0.1) is 0 Å². The molecule has 7 heteroatoms. The molecule has 2 aromatic carbocycles. The van der Waals surface area contributed by atoms with Crippen molar-refractivity contribution < 1.29 is 19.2 Å². The fourth-order valence-corrected chi connectivity index (χ4v) is 3.11. The lowest BCUT2D eigenvalue weighted by Crippen LogP contribution is -2.31. The predicted octanol–water partition coefficient (Wildman–Crippen LogP) is 1.95. The number of ketones is 1. The lowest BCUT2D eigenvalue weighted by atomic mass is 9.96. The molecule has 7 nitrogen and oxygen atoms in total. The summed E-state index contributed by atoms with van der Waals surface area (Å²) in [5, 5.41) is 5.21. The smallest absolute Gasteiger partial charge is 0.251 e. The molecule has 0 saturated heterocycles.